The van der Waals surface area contributed by atoms with Gasteiger partial charge in [0.25, 0.3) is 6.71 Å². The zero-order chi connectivity index (χ0) is 33.6. The third-order valence-electron chi connectivity index (χ3n) is 9.47. The van der Waals surface area contributed by atoms with Crippen LogP contribution in [0.3, 0.4) is 0 Å². The molecule has 7 aromatic carbocycles. The molecule has 2 heterocycles. The maximum Gasteiger partial charge on any atom is 0.260 e. The molecule has 0 aromatic heterocycles. The molecule has 7 aromatic rings. The highest BCUT2D eigenvalue weighted by Gasteiger charge is 2.41. The van der Waals surface area contributed by atoms with Crippen LogP contribution in [0.25, 0.3) is 22.3 Å². The summed E-state index contributed by atoms with van der Waals surface area (Å²) in [6, 6.07) is 57.1. The largest absolute Gasteiger partial charge is 0.458 e. The molecule has 0 spiro atoms. The number of hydrogen-bond donors (Lipinski definition) is 0. The van der Waals surface area contributed by atoms with Crippen LogP contribution in [0.1, 0.15) is 11.1 Å². The number of benzene rings is 7. The minimum absolute atomic E-state index is 0.163. The number of fused-ring (bicyclic) bond motifs is 4. The Labute approximate surface area is 290 Å². The van der Waals surface area contributed by atoms with Gasteiger partial charge in [-0.2, -0.15) is 10.5 Å². The molecule has 2 aliphatic rings. The van der Waals surface area contributed by atoms with E-state index in [1.165, 1.54) is 0 Å². The van der Waals surface area contributed by atoms with E-state index in [-0.39, 0.29) is 6.71 Å². The number of para-hydroxylation sites is 2. The van der Waals surface area contributed by atoms with Gasteiger partial charge in [0.1, 0.15) is 23.0 Å². The van der Waals surface area contributed by atoms with Crippen molar-refractivity contribution >= 4 is 40.2 Å². The Balaban J connectivity index is 1.26. The van der Waals surface area contributed by atoms with Crippen molar-refractivity contribution in [3.05, 3.63) is 169 Å². The monoisotopic (exact) mass is 639 g/mol. The molecular formula is C44H26BN3O2. The van der Waals surface area contributed by atoms with E-state index in [1.54, 1.807) is 0 Å². The third-order valence-corrected chi connectivity index (χ3v) is 9.47. The van der Waals surface area contributed by atoms with Crippen molar-refractivity contribution in [2.45, 2.75) is 0 Å². The van der Waals surface area contributed by atoms with Crippen molar-refractivity contribution in [1.82, 2.24) is 0 Å². The normalized spacial score (nSPS) is 11.8. The standard InChI is InChI=1S/C44H26BN3O2/c46-27-31-11-7-9-17-36(31)29-19-21-38-40(23-29)49-42-25-35(48(33-13-3-1-4-14-33)34-15-5-2-6-16-34)26-43-44(42)45(38)39-22-20-30(24-41(39)50-43)37-18-10-8-12-32(37)28-47/h1-26H. The van der Waals surface area contributed by atoms with E-state index in [2.05, 4.69) is 77.7 Å². The molecule has 0 radical (unpaired) electrons. The molecule has 232 valence electrons. The Bertz CT molecular complexity index is 2370. The molecule has 50 heavy (non-hydrogen) atoms. The van der Waals surface area contributed by atoms with E-state index < -0.39 is 0 Å². The van der Waals surface area contributed by atoms with Crippen molar-refractivity contribution in [2.75, 3.05) is 4.90 Å². The van der Waals surface area contributed by atoms with Crippen LogP contribution >= 0.6 is 0 Å². The first kappa shape index (κ1) is 29.1. The Morgan fingerprint density at radius 1 is 0.440 bits per heavy atom. The topological polar surface area (TPSA) is 69.3 Å². The average Bonchev–Trinajstić information content (AvgIpc) is 3.18. The fourth-order valence-corrected chi connectivity index (χ4v) is 7.21. The van der Waals surface area contributed by atoms with Gasteiger partial charge in [-0.25, -0.2) is 0 Å². The summed E-state index contributed by atoms with van der Waals surface area (Å²) in [5, 5.41) is 19.7. The molecule has 5 nitrogen and oxygen atoms in total. The van der Waals surface area contributed by atoms with Gasteiger partial charge in [-0.05, 0) is 81.7 Å². The molecule has 0 atom stereocenters. The number of ether oxygens (including phenoxy) is 2. The first-order valence-electron chi connectivity index (χ1n) is 16.4. The fraction of sp³-hybridized carbons (Fsp3) is 0. The first-order chi connectivity index (χ1) is 24.7. The van der Waals surface area contributed by atoms with E-state index in [0.29, 0.717) is 22.6 Å². The zero-order valence-corrected chi connectivity index (χ0v) is 26.7. The van der Waals surface area contributed by atoms with E-state index in [9.17, 15) is 10.5 Å². The van der Waals surface area contributed by atoms with Gasteiger partial charge in [0.2, 0.25) is 0 Å². The second-order valence-corrected chi connectivity index (χ2v) is 12.3. The van der Waals surface area contributed by atoms with Crippen LogP contribution in [0, 0.1) is 22.7 Å². The van der Waals surface area contributed by atoms with Crippen molar-refractivity contribution in [1.29, 1.82) is 10.5 Å². The van der Waals surface area contributed by atoms with Gasteiger partial charge in [-0.1, -0.05) is 97.1 Å². The van der Waals surface area contributed by atoms with Crippen molar-refractivity contribution in [3.63, 3.8) is 0 Å². The van der Waals surface area contributed by atoms with Gasteiger partial charge < -0.3 is 14.4 Å². The van der Waals surface area contributed by atoms with Gasteiger partial charge >= 0.3 is 0 Å². The molecule has 0 aliphatic carbocycles. The van der Waals surface area contributed by atoms with Crippen molar-refractivity contribution in [2.24, 2.45) is 0 Å². The maximum absolute atomic E-state index is 9.87. The molecule has 0 N–H and O–H groups in total. The molecule has 6 heteroatoms. The lowest BCUT2D eigenvalue weighted by molar-refractivity contribution is 0.465. The summed E-state index contributed by atoms with van der Waals surface area (Å²) >= 11 is 0. The molecule has 0 saturated carbocycles. The molecule has 0 fully saturated rings. The van der Waals surface area contributed by atoms with Crippen LogP contribution in [0.15, 0.2) is 158 Å². The Morgan fingerprint density at radius 3 is 1.34 bits per heavy atom. The predicted octanol–water partition coefficient (Wildman–Crippen LogP) is 8.96. The molecule has 2 aliphatic heterocycles. The minimum atomic E-state index is -0.163. The Morgan fingerprint density at radius 2 is 0.880 bits per heavy atom. The average molecular weight is 640 g/mol. The maximum atomic E-state index is 9.87. The highest BCUT2D eigenvalue weighted by Crippen LogP contribution is 2.43. The van der Waals surface area contributed by atoms with Gasteiger partial charge in [0.15, 0.2) is 0 Å². The summed E-state index contributed by atoms with van der Waals surface area (Å²) in [4.78, 5) is 2.20. The third kappa shape index (κ3) is 4.79. The van der Waals surface area contributed by atoms with Crippen LogP contribution in [0.5, 0.6) is 23.0 Å². The highest BCUT2D eigenvalue weighted by atomic mass is 16.5. The smallest absolute Gasteiger partial charge is 0.260 e. The van der Waals surface area contributed by atoms with E-state index in [4.69, 9.17) is 9.47 Å². The summed E-state index contributed by atoms with van der Waals surface area (Å²) in [5.74, 6) is 2.88. The highest BCUT2D eigenvalue weighted by molar-refractivity contribution is 6.98. The van der Waals surface area contributed by atoms with E-state index in [0.717, 1.165) is 67.2 Å². The summed E-state index contributed by atoms with van der Waals surface area (Å²) in [6.45, 7) is -0.163. The second kappa shape index (κ2) is 11.9. The van der Waals surface area contributed by atoms with Crippen molar-refractivity contribution < 1.29 is 9.47 Å². The summed E-state index contributed by atoms with van der Waals surface area (Å²) in [6.07, 6.45) is 0. The zero-order valence-electron chi connectivity index (χ0n) is 26.7. The Hall–Kier alpha value is -7.02. The van der Waals surface area contributed by atoms with E-state index >= 15 is 0 Å². The lowest BCUT2D eigenvalue weighted by atomic mass is 9.34. The van der Waals surface area contributed by atoms with Gasteiger partial charge in [0.05, 0.1) is 29.0 Å². The number of nitriles is 2. The summed E-state index contributed by atoms with van der Waals surface area (Å²) in [7, 11) is 0. The van der Waals surface area contributed by atoms with Gasteiger partial charge in [-0.15, -0.1) is 0 Å². The SMILES string of the molecule is N#Cc1ccccc1-c1ccc2c(c1)Oc1cc(N(c3ccccc3)c3ccccc3)cc3c1B2c1ccc(-c2ccccc2C#N)cc1O3. The van der Waals surface area contributed by atoms with Crippen LogP contribution < -0.4 is 30.8 Å². The molecule has 0 bridgehead atoms. The molecule has 0 amide bonds. The lowest BCUT2D eigenvalue weighted by Crippen LogP contribution is -2.57. The van der Waals surface area contributed by atoms with Gasteiger partial charge in [0, 0.05) is 29.0 Å². The first-order valence-corrected chi connectivity index (χ1v) is 16.4. The van der Waals surface area contributed by atoms with Crippen LogP contribution in [0.4, 0.5) is 17.1 Å². The quantitative estimate of drug-likeness (QED) is 0.176. The van der Waals surface area contributed by atoms with Crippen LogP contribution in [0.2, 0.25) is 0 Å². The minimum Gasteiger partial charge on any atom is -0.458 e. The number of rotatable bonds is 5. The second-order valence-electron chi connectivity index (χ2n) is 12.3. The number of anilines is 3. The van der Waals surface area contributed by atoms with Crippen LogP contribution in [-0.2, 0) is 0 Å². The molecular weight excluding hydrogens is 613 g/mol. The summed E-state index contributed by atoms with van der Waals surface area (Å²) < 4.78 is 13.7. The molecule has 0 saturated heterocycles. The van der Waals surface area contributed by atoms with Gasteiger partial charge in [-0.3, -0.25) is 0 Å². The Kier molecular flexibility index (Phi) is 6.94. The predicted molar refractivity (Wildman–Crippen MR) is 199 cm³/mol. The molecule has 9 rings (SSSR count). The molecule has 0 unspecified atom stereocenters. The van der Waals surface area contributed by atoms with Crippen LogP contribution in [-0.4, -0.2) is 6.71 Å². The fourth-order valence-electron chi connectivity index (χ4n) is 7.21. The number of nitrogens with zero attached hydrogens (tertiary/aromatic N) is 3. The summed E-state index contributed by atoms with van der Waals surface area (Å²) in [5.41, 5.74) is 10.6. The lowest BCUT2D eigenvalue weighted by Gasteiger charge is -2.35. The van der Waals surface area contributed by atoms with Crippen molar-refractivity contribution in [3.8, 4) is 57.4 Å². The number of hydrogen-bond acceptors (Lipinski definition) is 5. The van der Waals surface area contributed by atoms with E-state index in [1.807, 2.05) is 97.1 Å².